The van der Waals surface area contributed by atoms with Gasteiger partial charge in [-0.25, -0.2) is 18.4 Å². The Morgan fingerprint density at radius 3 is 2.52 bits per heavy atom. The van der Waals surface area contributed by atoms with Gasteiger partial charge < -0.3 is 9.64 Å². The molecule has 1 aromatic rings. The zero-order valence-electron chi connectivity index (χ0n) is 12.2. The topological polar surface area (TPSA) is 89.7 Å². The lowest BCUT2D eigenvalue weighted by Gasteiger charge is -2.30. The van der Waals surface area contributed by atoms with Crippen molar-refractivity contribution in [2.24, 2.45) is 5.14 Å². The molecule has 21 heavy (non-hydrogen) atoms. The first-order valence-corrected chi connectivity index (χ1v) is 8.31. The molecule has 0 aliphatic carbocycles. The van der Waals surface area contributed by atoms with E-state index in [2.05, 4.69) is 0 Å². The summed E-state index contributed by atoms with van der Waals surface area (Å²) in [6, 6.07) is 9.32. The summed E-state index contributed by atoms with van der Waals surface area (Å²) in [5.74, 6) is 0. The second kappa shape index (κ2) is 5.65. The van der Waals surface area contributed by atoms with Gasteiger partial charge in [0.2, 0.25) is 10.0 Å². The lowest BCUT2D eigenvalue weighted by atomic mass is 10.0. The fraction of sp³-hybridized carbons (Fsp3) is 0.500. The second-order valence-electron chi connectivity index (χ2n) is 5.88. The number of nitrogens with two attached hydrogens (primary N) is 1. The predicted octanol–water partition coefficient (Wildman–Crippen LogP) is 1.46. The van der Waals surface area contributed by atoms with E-state index in [1.807, 2.05) is 44.2 Å². The highest BCUT2D eigenvalue weighted by atomic mass is 32.2. The molecule has 2 N–H and O–H groups in total. The molecule has 1 aliphatic rings. The number of amides is 1. The predicted molar refractivity (Wildman–Crippen MR) is 78.9 cm³/mol. The summed E-state index contributed by atoms with van der Waals surface area (Å²) in [4.78, 5) is 13.6. The van der Waals surface area contributed by atoms with E-state index in [0.29, 0.717) is 6.42 Å². The highest BCUT2D eigenvalue weighted by Gasteiger charge is 2.46. The van der Waals surface area contributed by atoms with Gasteiger partial charge in [-0.2, -0.15) is 0 Å². The van der Waals surface area contributed by atoms with E-state index >= 15 is 0 Å². The zero-order valence-corrected chi connectivity index (χ0v) is 13.0. The van der Waals surface area contributed by atoms with Gasteiger partial charge in [-0.15, -0.1) is 0 Å². The standard InChI is InChI=1S/C14H20N2O4S/c1-14(2)8-12(21(15,18)19)9-16(14)13(17)20-10-11-6-4-3-5-7-11/h3-7,12H,8-10H2,1-2H3,(H2,15,18,19). The summed E-state index contributed by atoms with van der Waals surface area (Å²) in [6.07, 6.45) is -0.207. The van der Waals surface area contributed by atoms with Crippen LogP contribution in [0.25, 0.3) is 0 Å². The van der Waals surface area contributed by atoms with Crippen LogP contribution in [0.1, 0.15) is 25.8 Å². The highest BCUT2D eigenvalue weighted by Crippen LogP contribution is 2.32. The van der Waals surface area contributed by atoms with Crippen molar-refractivity contribution in [2.45, 2.75) is 37.7 Å². The third-order valence-corrected chi connectivity index (χ3v) is 4.98. The molecule has 0 saturated carbocycles. The Morgan fingerprint density at radius 2 is 2.00 bits per heavy atom. The van der Waals surface area contributed by atoms with Crippen LogP contribution >= 0.6 is 0 Å². The monoisotopic (exact) mass is 312 g/mol. The average molecular weight is 312 g/mol. The van der Waals surface area contributed by atoms with Gasteiger partial charge in [0.15, 0.2) is 0 Å². The maximum atomic E-state index is 12.2. The van der Waals surface area contributed by atoms with E-state index in [1.54, 1.807) is 0 Å². The number of carbonyl (C=O) groups excluding carboxylic acids is 1. The first kappa shape index (κ1) is 15.8. The van der Waals surface area contributed by atoms with Crippen LogP contribution in [0.5, 0.6) is 0 Å². The summed E-state index contributed by atoms with van der Waals surface area (Å²) in [5.41, 5.74) is 0.288. The van der Waals surface area contributed by atoms with Crippen molar-refractivity contribution in [3.8, 4) is 0 Å². The summed E-state index contributed by atoms with van der Waals surface area (Å²) in [6.45, 7) is 3.84. The van der Waals surface area contributed by atoms with Gasteiger partial charge in [0.25, 0.3) is 0 Å². The molecule has 0 bridgehead atoms. The highest BCUT2D eigenvalue weighted by molar-refractivity contribution is 7.89. The Kier molecular flexibility index (Phi) is 4.25. The van der Waals surface area contributed by atoms with Crippen LogP contribution in [0.2, 0.25) is 0 Å². The number of benzene rings is 1. The molecule has 1 heterocycles. The first-order chi connectivity index (χ1) is 9.70. The van der Waals surface area contributed by atoms with Crippen molar-refractivity contribution in [1.29, 1.82) is 0 Å². The summed E-state index contributed by atoms with van der Waals surface area (Å²) in [7, 11) is -3.66. The lowest BCUT2D eigenvalue weighted by Crippen LogP contribution is -2.43. The minimum atomic E-state index is -3.66. The van der Waals surface area contributed by atoms with Crippen LogP contribution in [0, 0.1) is 0 Å². The number of carbonyl (C=O) groups is 1. The molecule has 1 aromatic carbocycles. The first-order valence-electron chi connectivity index (χ1n) is 6.70. The van der Waals surface area contributed by atoms with Crippen LogP contribution in [0.4, 0.5) is 4.79 Å². The minimum Gasteiger partial charge on any atom is -0.445 e. The van der Waals surface area contributed by atoms with E-state index in [-0.39, 0.29) is 13.2 Å². The number of primary sulfonamides is 1. The molecule has 2 rings (SSSR count). The van der Waals surface area contributed by atoms with E-state index < -0.39 is 26.9 Å². The van der Waals surface area contributed by atoms with Crippen molar-refractivity contribution in [3.63, 3.8) is 0 Å². The van der Waals surface area contributed by atoms with Gasteiger partial charge >= 0.3 is 6.09 Å². The van der Waals surface area contributed by atoms with Crippen molar-refractivity contribution in [1.82, 2.24) is 4.90 Å². The third kappa shape index (κ3) is 3.74. The molecule has 0 radical (unpaired) electrons. The molecule has 1 saturated heterocycles. The zero-order chi connectivity index (χ0) is 15.7. The molecular weight excluding hydrogens is 292 g/mol. The number of sulfonamides is 1. The molecule has 1 unspecified atom stereocenters. The van der Waals surface area contributed by atoms with Gasteiger partial charge in [-0.05, 0) is 25.8 Å². The molecule has 1 atom stereocenters. The van der Waals surface area contributed by atoms with Crippen LogP contribution in [-0.2, 0) is 21.4 Å². The fourth-order valence-electron chi connectivity index (χ4n) is 2.52. The Balaban J connectivity index is 2.02. The maximum Gasteiger partial charge on any atom is 0.410 e. The van der Waals surface area contributed by atoms with Crippen molar-refractivity contribution < 1.29 is 17.9 Å². The molecule has 116 valence electrons. The van der Waals surface area contributed by atoms with Crippen molar-refractivity contribution in [2.75, 3.05) is 6.54 Å². The molecular formula is C14H20N2O4S. The van der Waals surface area contributed by atoms with E-state index in [9.17, 15) is 13.2 Å². The average Bonchev–Trinajstić information content (AvgIpc) is 2.73. The molecule has 6 nitrogen and oxygen atoms in total. The molecule has 7 heteroatoms. The SMILES string of the molecule is CC1(C)CC(S(N)(=O)=O)CN1C(=O)OCc1ccccc1. The van der Waals surface area contributed by atoms with Gasteiger partial charge in [-0.1, -0.05) is 30.3 Å². The maximum absolute atomic E-state index is 12.2. The van der Waals surface area contributed by atoms with E-state index in [0.717, 1.165) is 5.56 Å². The second-order valence-corrected chi connectivity index (χ2v) is 7.72. The van der Waals surface area contributed by atoms with Gasteiger partial charge in [0.05, 0.1) is 5.25 Å². The Morgan fingerprint density at radius 1 is 1.38 bits per heavy atom. The molecule has 0 spiro atoms. The largest absolute Gasteiger partial charge is 0.445 e. The quantitative estimate of drug-likeness (QED) is 0.915. The van der Waals surface area contributed by atoms with Crippen LogP contribution in [-0.4, -0.2) is 36.7 Å². The van der Waals surface area contributed by atoms with Gasteiger partial charge in [0, 0.05) is 12.1 Å². The number of likely N-dealkylation sites (tertiary alicyclic amines) is 1. The van der Waals surface area contributed by atoms with Crippen LogP contribution in [0.3, 0.4) is 0 Å². The van der Waals surface area contributed by atoms with Gasteiger partial charge in [-0.3, -0.25) is 0 Å². The van der Waals surface area contributed by atoms with E-state index in [1.165, 1.54) is 4.90 Å². The molecule has 1 amide bonds. The number of nitrogens with zero attached hydrogens (tertiary/aromatic N) is 1. The summed E-state index contributed by atoms with van der Waals surface area (Å²) in [5, 5.41) is 4.44. The normalized spacial score (nSPS) is 21.3. The van der Waals surface area contributed by atoms with Crippen molar-refractivity contribution in [3.05, 3.63) is 35.9 Å². The number of rotatable bonds is 3. The fourth-order valence-corrected chi connectivity index (χ4v) is 3.52. The summed E-state index contributed by atoms with van der Waals surface area (Å²) >= 11 is 0. The number of hydrogen-bond donors (Lipinski definition) is 1. The Labute approximate surface area is 124 Å². The van der Waals surface area contributed by atoms with Gasteiger partial charge in [0.1, 0.15) is 6.61 Å². The summed E-state index contributed by atoms with van der Waals surface area (Å²) < 4.78 is 28.2. The molecule has 1 aliphatic heterocycles. The lowest BCUT2D eigenvalue weighted by molar-refractivity contribution is 0.0753. The minimum absolute atomic E-state index is 0.0689. The number of hydrogen-bond acceptors (Lipinski definition) is 4. The third-order valence-electron chi connectivity index (χ3n) is 3.73. The van der Waals surface area contributed by atoms with E-state index in [4.69, 9.17) is 9.88 Å². The Hall–Kier alpha value is -1.60. The number of ether oxygens (including phenoxy) is 1. The smallest absolute Gasteiger partial charge is 0.410 e. The van der Waals surface area contributed by atoms with Crippen LogP contribution in [0.15, 0.2) is 30.3 Å². The molecule has 1 fully saturated rings. The Bertz CT molecular complexity index is 613. The molecule has 0 aromatic heterocycles. The van der Waals surface area contributed by atoms with Crippen molar-refractivity contribution >= 4 is 16.1 Å². The van der Waals surface area contributed by atoms with Crippen LogP contribution < -0.4 is 5.14 Å².